The fraction of sp³-hybridized carbons (Fsp3) is 0.800. The minimum Gasteiger partial charge on any atom is -0.307 e. The summed E-state index contributed by atoms with van der Waals surface area (Å²) in [6, 6.07) is -0.0453. The van der Waals surface area contributed by atoms with E-state index in [-0.39, 0.29) is 24.8 Å². The zero-order valence-corrected chi connectivity index (χ0v) is 7.82. The molecule has 1 aliphatic carbocycles. The molecule has 3 heteroatoms. The summed E-state index contributed by atoms with van der Waals surface area (Å²) in [5, 5.41) is 2.97. The second-order valence-corrected chi connectivity index (χ2v) is 3.63. The van der Waals surface area contributed by atoms with Gasteiger partial charge in [-0.1, -0.05) is 5.92 Å². The number of terminal acetylenes is 1. The lowest BCUT2D eigenvalue weighted by molar-refractivity contribution is -0.0473. The van der Waals surface area contributed by atoms with E-state index >= 15 is 0 Å². The zero-order chi connectivity index (χ0) is 9.90. The van der Waals surface area contributed by atoms with Crippen molar-refractivity contribution in [1.29, 1.82) is 0 Å². The van der Waals surface area contributed by atoms with Crippen LogP contribution in [0.1, 0.15) is 25.7 Å². The van der Waals surface area contributed by atoms with Crippen LogP contribution in [-0.2, 0) is 0 Å². The first kappa shape index (κ1) is 10.5. The first-order chi connectivity index (χ1) is 6.09. The lowest BCUT2D eigenvalue weighted by Crippen LogP contribution is -2.37. The van der Waals surface area contributed by atoms with E-state index < -0.39 is 5.92 Å². The Kier molecular flexibility index (Phi) is 3.27. The van der Waals surface area contributed by atoms with E-state index in [0.29, 0.717) is 12.8 Å². The van der Waals surface area contributed by atoms with Gasteiger partial charge in [-0.05, 0) is 25.8 Å². The molecule has 0 aromatic rings. The van der Waals surface area contributed by atoms with Gasteiger partial charge in [0.15, 0.2) is 0 Å². The number of hydrogen-bond acceptors (Lipinski definition) is 1. The predicted molar refractivity (Wildman–Crippen MR) is 48.6 cm³/mol. The van der Waals surface area contributed by atoms with Crippen LogP contribution in [0.2, 0.25) is 0 Å². The smallest absolute Gasteiger partial charge is 0.248 e. The fourth-order valence-corrected chi connectivity index (χ4v) is 1.85. The molecule has 0 spiro atoms. The Bertz CT molecular complexity index is 197. The third-order valence-corrected chi connectivity index (χ3v) is 2.72. The van der Waals surface area contributed by atoms with E-state index in [1.54, 1.807) is 7.05 Å². The first-order valence-electron chi connectivity index (χ1n) is 4.60. The summed E-state index contributed by atoms with van der Waals surface area (Å²) in [6.45, 7) is 0. The molecule has 1 aliphatic rings. The minimum atomic E-state index is -2.45. The molecular formula is C10H15F2N. The maximum absolute atomic E-state index is 12.8. The molecule has 0 radical (unpaired) electrons. The van der Waals surface area contributed by atoms with Crippen molar-refractivity contribution in [2.45, 2.75) is 37.6 Å². The Morgan fingerprint density at radius 2 is 2.00 bits per heavy atom. The molecule has 0 aliphatic heterocycles. The highest BCUT2D eigenvalue weighted by molar-refractivity contribution is 5.03. The lowest BCUT2D eigenvalue weighted by Gasteiger charge is -2.31. The molecule has 0 saturated heterocycles. The average molecular weight is 187 g/mol. The van der Waals surface area contributed by atoms with Crippen LogP contribution in [0.25, 0.3) is 0 Å². The van der Waals surface area contributed by atoms with Crippen LogP contribution in [-0.4, -0.2) is 19.0 Å². The highest BCUT2D eigenvalue weighted by Crippen LogP contribution is 2.37. The van der Waals surface area contributed by atoms with Gasteiger partial charge in [0.25, 0.3) is 0 Å². The van der Waals surface area contributed by atoms with E-state index in [1.807, 2.05) is 0 Å². The molecule has 0 bridgehead atoms. The summed E-state index contributed by atoms with van der Waals surface area (Å²) < 4.78 is 25.6. The molecule has 0 heterocycles. The molecule has 1 fully saturated rings. The first-order valence-corrected chi connectivity index (χ1v) is 4.60. The van der Waals surface area contributed by atoms with Gasteiger partial charge in [-0.15, -0.1) is 6.42 Å². The summed E-state index contributed by atoms with van der Waals surface area (Å²) in [5.41, 5.74) is 0. The van der Waals surface area contributed by atoms with Gasteiger partial charge in [-0.2, -0.15) is 0 Å². The molecule has 1 N–H and O–H groups in total. The molecule has 0 aromatic heterocycles. The number of nitrogens with one attached hydrogen (secondary N) is 1. The normalized spacial score (nSPS) is 25.1. The summed E-state index contributed by atoms with van der Waals surface area (Å²) in [6.07, 6.45) is 6.31. The van der Waals surface area contributed by atoms with Gasteiger partial charge in [0.2, 0.25) is 5.92 Å². The number of hydrogen-bond donors (Lipinski definition) is 1. The molecule has 1 saturated carbocycles. The van der Waals surface area contributed by atoms with Crippen LogP contribution in [0.4, 0.5) is 8.78 Å². The van der Waals surface area contributed by atoms with Gasteiger partial charge < -0.3 is 5.32 Å². The number of alkyl halides is 2. The molecule has 0 amide bonds. The summed E-state index contributed by atoms with van der Waals surface area (Å²) >= 11 is 0. The van der Waals surface area contributed by atoms with Crippen LogP contribution in [0.15, 0.2) is 0 Å². The van der Waals surface area contributed by atoms with Gasteiger partial charge in [-0.25, -0.2) is 8.78 Å². The third-order valence-electron chi connectivity index (χ3n) is 2.72. The highest BCUT2D eigenvalue weighted by Gasteiger charge is 2.36. The van der Waals surface area contributed by atoms with Crippen molar-refractivity contribution < 1.29 is 8.78 Å². The van der Waals surface area contributed by atoms with Gasteiger partial charge in [0.05, 0.1) is 6.04 Å². The molecule has 1 atom stereocenters. The lowest BCUT2D eigenvalue weighted by atomic mass is 9.82. The predicted octanol–water partition coefficient (Wildman–Crippen LogP) is 2.03. The largest absolute Gasteiger partial charge is 0.307 e. The quantitative estimate of drug-likeness (QED) is 0.652. The van der Waals surface area contributed by atoms with Crippen LogP contribution < -0.4 is 5.32 Å². The molecular weight excluding hydrogens is 172 g/mol. The van der Waals surface area contributed by atoms with Crippen molar-refractivity contribution in [1.82, 2.24) is 5.32 Å². The monoisotopic (exact) mass is 187 g/mol. The second kappa shape index (κ2) is 4.06. The van der Waals surface area contributed by atoms with E-state index in [0.717, 1.165) is 0 Å². The third kappa shape index (κ3) is 2.67. The Balaban J connectivity index is 2.45. The van der Waals surface area contributed by atoms with Crippen LogP contribution in [0, 0.1) is 18.3 Å². The van der Waals surface area contributed by atoms with E-state index in [2.05, 4.69) is 11.2 Å². The maximum atomic E-state index is 12.8. The standard InChI is InChI=1S/C10H15F2N/c1-3-9(13-2)8-4-6-10(11,12)7-5-8/h1,8-9,13H,4-7H2,2H3. The van der Waals surface area contributed by atoms with Gasteiger partial charge in [-0.3, -0.25) is 0 Å². The maximum Gasteiger partial charge on any atom is 0.248 e. The summed E-state index contributed by atoms with van der Waals surface area (Å²) in [4.78, 5) is 0. The van der Waals surface area contributed by atoms with Gasteiger partial charge >= 0.3 is 0 Å². The number of halogens is 2. The Morgan fingerprint density at radius 1 is 1.46 bits per heavy atom. The van der Waals surface area contributed by atoms with Crippen molar-refractivity contribution in [3.8, 4) is 12.3 Å². The van der Waals surface area contributed by atoms with Crippen molar-refractivity contribution in [3.05, 3.63) is 0 Å². The SMILES string of the molecule is C#CC(NC)C1CCC(F)(F)CC1. The molecule has 1 unspecified atom stereocenters. The topological polar surface area (TPSA) is 12.0 Å². The summed E-state index contributed by atoms with van der Waals surface area (Å²) in [5.74, 6) is 0.355. The molecule has 0 aromatic carbocycles. The second-order valence-electron chi connectivity index (χ2n) is 3.63. The van der Waals surface area contributed by atoms with Gasteiger partial charge in [0.1, 0.15) is 0 Å². The van der Waals surface area contributed by atoms with E-state index in [1.165, 1.54) is 0 Å². The Hall–Kier alpha value is -0.620. The molecule has 74 valence electrons. The van der Waals surface area contributed by atoms with Crippen molar-refractivity contribution in [2.24, 2.45) is 5.92 Å². The van der Waals surface area contributed by atoms with Crippen molar-refractivity contribution in [2.75, 3.05) is 7.05 Å². The zero-order valence-electron chi connectivity index (χ0n) is 7.82. The van der Waals surface area contributed by atoms with Crippen LogP contribution in [0.5, 0.6) is 0 Å². The van der Waals surface area contributed by atoms with E-state index in [4.69, 9.17) is 6.42 Å². The van der Waals surface area contributed by atoms with Crippen LogP contribution in [0.3, 0.4) is 0 Å². The fourth-order valence-electron chi connectivity index (χ4n) is 1.85. The Labute approximate surface area is 77.9 Å². The van der Waals surface area contributed by atoms with Crippen molar-refractivity contribution >= 4 is 0 Å². The van der Waals surface area contributed by atoms with Crippen molar-refractivity contribution in [3.63, 3.8) is 0 Å². The Morgan fingerprint density at radius 3 is 2.38 bits per heavy atom. The average Bonchev–Trinajstić information content (AvgIpc) is 2.09. The molecule has 1 nitrogen and oxygen atoms in total. The molecule has 13 heavy (non-hydrogen) atoms. The highest BCUT2D eigenvalue weighted by atomic mass is 19.3. The minimum absolute atomic E-state index is 0.0163. The number of rotatable bonds is 2. The molecule has 1 rings (SSSR count). The van der Waals surface area contributed by atoms with Crippen LogP contribution >= 0.6 is 0 Å². The van der Waals surface area contributed by atoms with E-state index in [9.17, 15) is 8.78 Å². The summed E-state index contributed by atoms with van der Waals surface area (Å²) in [7, 11) is 1.78. The van der Waals surface area contributed by atoms with Gasteiger partial charge in [0, 0.05) is 12.8 Å².